The lowest BCUT2D eigenvalue weighted by Gasteiger charge is -2.67. The Kier molecular flexibility index (Phi) is 2.63. The van der Waals surface area contributed by atoms with Crippen molar-refractivity contribution < 1.29 is 14.9 Å². The highest BCUT2D eigenvalue weighted by Crippen LogP contribution is 2.76. The average Bonchev–Trinajstić information content (AvgIpc) is 2.81. The van der Waals surface area contributed by atoms with Crippen LogP contribution in [0.2, 0.25) is 0 Å². The van der Waals surface area contributed by atoms with Gasteiger partial charge in [0.1, 0.15) is 0 Å². The molecule has 2 N–H and O–H groups in total. The Morgan fingerprint density at radius 1 is 1.00 bits per heavy atom. The van der Waals surface area contributed by atoms with E-state index in [9.17, 15) is 10.2 Å². The first-order chi connectivity index (χ1) is 10.7. The smallest absolute Gasteiger partial charge is 0.0950 e. The van der Waals surface area contributed by atoms with Crippen molar-refractivity contribution in [3.05, 3.63) is 0 Å². The third-order valence-electron chi connectivity index (χ3n) is 9.56. The Labute approximate surface area is 139 Å². The van der Waals surface area contributed by atoms with E-state index >= 15 is 0 Å². The molecule has 1 unspecified atom stereocenters. The van der Waals surface area contributed by atoms with E-state index in [0.29, 0.717) is 23.9 Å². The van der Waals surface area contributed by atoms with Crippen LogP contribution < -0.4 is 0 Å². The molecule has 4 saturated carbocycles. The Bertz CT molecular complexity index is 559. The monoisotopic (exact) mass is 320 g/mol. The molecule has 130 valence electrons. The van der Waals surface area contributed by atoms with Gasteiger partial charge in [-0.25, -0.2) is 0 Å². The van der Waals surface area contributed by atoms with Crippen LogP contribution >= 0.6 is 0 Å². The highest BCUT2D eigenvalue weighted by Gasteiger charge is 2.78. The van der Waals surface area contributed by atoms with Crippen LogP contribution in [-0.4, -0.2) is 34.1 Å². The molecule has 0 aromatic carbocycles. The van der Waals surface area contributed by atoms with Gasteiger partial charge >= 0.3 is 0 Å². The summed E-state index contributed by atoms with van der Waals surface area (Å²) in [6, 6.07) is 0. The lowest BCUT2D eigenvalue weighted by Crippen LogP contribution is -2.67. The van der Waals surface area contributed by atoms with E-state index in [1.165, 1.54) is 0 Å². The molecule has 0 aromatic rings. The minimum atomic E-state index is -0.295. The van der Waals surface area contributed by atoms with Crippen LogP contribution in [0.5, 0.6) is 0 Å². The summed E-state index contributed by atoms with van der Waals surface area (Å²) in [6.45, 7) is 9.15. The maximum absolute atomic E-state index is 11.3. The molecule has 0 amide bonds. The highest BCUT2D eigenvalue weighted by atomic mass is 16.5. The van der Waals surface area contributed by atoms with E-state index < -0.39 is 0 Å². The van der Waals surface area contributed by atoms with Crippen molar-refractivity contribution in [2.45, 2.75) is 90.1 Å². The number of ether oxygens (including phenoxy) is 1. The molecule has 0 aromatic heterocycles. The molecule has 3 heteroatoms. The Balaban J connectivity index is 1.62. The van der Waals surface area contributed by atoms with Gasteiger partial charge in [0.15, 0.2) is 0 Å². The zero-order valence-corrected chi connectivity index (χ0v) is 15.0. The Morgan fingerprint density at radius 2 is 1.74 bits per heavy atom. The second-order valence-corrected chi connectivity index (χ2v) is 10.6. The summed E-state index contributed by atoms with van der Waals surface area (Å²) < 4.78 is 6.51. The molecule has 4 bridgehead atoms. The summed E-state index contributed by atoms with van der Waals surface area (Å²) in [5, 5.41) is 21.9. The van der Waals surface area contributed by atoms with Gasteiger partial charge in [-0.2, -0.15) is 0 Å². The fraction of sp³-hybridized carbons (Fsp3) is 1.00. The van der Waals surface area contributed by atoms with Gasteiger partial charge in [-0.15, -0.1) is 0 Å². The predicted octanol–water partition coefficient (Wildman–Crippen LogP) is 3.13. The maximum Gasteiger partial charge on any atom is 0.0950 e. The van der Waals surface area contributed by atoms with E-state index in [0.717, 1.165) is 38.5 Å². The normalized spacial score (nSPS) is 65.5. The topological polar surface area (TPSA) is 49.7 Å². The minimum absolute atomic E-state index is 0.0257. The number of hydrogen-bond acceptors (Lipinski definition) is 3. The molecule has 2 saturated heterocycles. The first-order valence-electron chi connectivity index (χ1n) is 9.70. The second-order valence-electron chi connectivity index (χ2n) is 10.6. The van der Waals surface area contributed by atoms with Crippen LogP contribution in [0.3, 0.4) is 0 Å². The van der Waals surface area contributed by atoms with E-state index in [2.05, 4.69) is 27.7 Å². The fourth-order valence-electron chi connectivity index (χ4n) is 8.61. The van der Waals surface area contributed by atoms with Gasteiger partial charge in [0.05, 0.1) is 23.9 Å². The third kappa shape index (κ3) is 1.43. The van der Waals surface area contributed by atoms with Crippen LogP contribution in [0.4, 0.5) is 0 Å². The summed E-state index contributed by atoms with van der Waals surface area (Å²) in [5.74, 6) is 1.57. The fourth-order valence-corrected chi connectivity index (χ4v) is 8.61. The SMILES string of the molecule is CC1(C)C2CC[C@]34C[C@@H]5C[C@@H](O[C@]5(C)[C@H]3O)[C@H]4[C@]2(C)CC[C@H]1O. The minimum Gasteiger partial charge on any atom is -0.393 e. The van der Waals surface area contributed by atoms with Crippen molar-refractivity contribution in [3.8, 4) is 0 Å². The summed E-state index contributed by atoms with van der Waals surface area (Å²) in [6.07, 6.45) is 6.43. The van der Waals surface area contributed by atoms with E-state index in [-0.39, 0.29) is 34.1 Å². The molecule has 4 aliphatic carbocycles. The van der Waals surface area contributed by atoms with E-state index in [1.54, 1.807) is 0 Å². The van der Waals surface area contributed by atoms with E-state index in [4.69, 9.17) is 4.74 Å². The molecule has 6 rings (SSSR count). The predicted molar refractivity (Wildman–Crippen MR) is 87.8 cm³/mol. The molecular weight excluding hydrogens is 288 g/mol. The van der Waals surface area contributed by atoms with Crippen molar-refractivity contribution in [2.24, 2.45) is 34.0 Å². The van der Waals surface area contributed by atoms with Crippen LogP contribution in [0, 0.1) is 34.0 Å². The van der Waals surface area contributed by atoms with Gasteiger partial charge in [0.25, 0.3) is 0 Å². The summed E-state index contributed by atoms with van der Waals surface area (Å²) >= 11 is 0. The van der Waals surface area contributed by atoms with Gasteiger partial charge in [-0.1, -0.05) is 20.8 Å². The molecule has 3 nitrogen and oxygen atoms in total. The standard InChI is InChI=1S/C20H32O3/c1-17(2)13-5-8-20-10-11-9-12(23-19(11,4)16(20)22)15(20)18(13,3)7-6-14(17)21/h11-16,21-22H,5-10H2,1-4H3/t11-,12+,13?,14+,15-,16+,18+,19-,20+/m0/s1. The number of rotatable bonds is 0. The maximum atomic E-state index is 11.3. The van der Waals surface area contributed by atoms with Crippen molar-refractivity contribution >= 4 is 0 Å². The molecule has 6 fully saturated rings. The summed E-state index contributed by atoms with van der Waals surface area (Å²) in [4.78, 5) is 0. The number of hydrogen-bond donors (Lipinski definition) is 2. The van der Waals surface area contributed by atoms with Gasteiger partial charge in [0, 0.05) is 5.41 Å². The summed E-state index contributed by atoms with van der Waals surface area (Å²) in [5.41, 5.74) is -0.0242. The third-order valence-corrected chi connectivity index (χ3v) is 9.56. The van der Waals surface area contributed by atoms with Crippen LogP contribution in [-0.2, 0) is 4.74 Å². The van der Waals surface area contributed by atoms with Crippen LogP contribution in [0.25, 0.3) is 0 Å². The van der Waals surface area contributed by atoms with Crippen LogP contribution in [0.1, 0.15) is 66.2 Å². The van der Waals surface area contributed by atoms with Gasteiger partial charge in [0.2, 0.25) is 0 Å². The quantitative estimate of drug-likeness (QED) is 0.721. The molecule has 2 heterocycles. The molecule has 0 radical (unpaired) electrons. The van der Waals surface area contributed by atoms with Gasteiger partial charge < -0.3 is 14.9 Å². The molecule has 1 spiro atoms. The number of aliphatic hydroxyl groups excluding tert-OH is 2. The second kappa shape index (κ2) is 3.99. The molecule has 2 aliphatic heterocycles. The largest absolute Gasteiger partial charge is 0.393 e. The van der Waals surface area contributed by atoms with Crippen molar-refractivity contribution in [1.82, 2.24) is 0 Å². The Hall–Kier alpha value is -0.120. The molecule has 6 aliphatic rings. The highest BCUT2D eigenvalue weighted by molar-refractivity contribution is 5.26. The number of aliphatic hydroxyl groups is 2. The zero-order valence-electron chi connectivity index (χ0n) is 15.0. The Morgan fingerprint density at radius 3 is 2.43 bits per heavy atom. The molecule has 9 atom stereocenters. The first-order valence-corrected chi connectivity index (χ1v) is 9.70. The van der Waals surface area contributed by atoms with Crippen molar-refractivity contribution in [3.63, 3.8) is 0 Å². The van der Waals surface area contributed by atoms with Crippen LogP contribution in [0.15, 0.2) is 0 Å². The average molecular weight is 320 g/mol. The molecular formula is C20H32O3. The lowest BCUT2D eigenvalue weighted by atomic mass is 9.40. The van der Waals surface area contributed by atoms with Gasteiger partial charge in [-0.3, -0.25) is 0 Å². The van der Waals surface area contributed by atoms with Crippen molar-refractivity contribution in [2.75, 3.05) is 0 Å². The van der Waals surface area contributed by atoms with Gasteiger partial charge in [-0.05, 0) is 74.0 Å². The zero-order chi connectivity index (χ0) is 16.4. The lowest BCUT2D eigenvalue weighted by molar-refractivity contribution is -0.277. The first kappa shape index (κ1) is 15.2. The summed E-state index contributed by atoms with van der Waals surface area (Å²) in [7, 11) is 0. The molecule has 23 heavy (non-hydrogen) atoms. The number of fused-ring (bicyclic) bond motifs is 1. The van der Waals surface area contributed by atoms with E-state index in [1.807, 2.05) is 0 Å². The van der Waals surface area contributed by atoms with Crippen molar-refractivity contribution in [1.29, 1.82) is 0 Å².